The second kappa shape index (κ2) is 8.03. The van der Waals surface area contributed by atoms with Crippen molar-refractivity contribution < 1.29 is 9.32 Å². The molecule has 5 rings (SSSR count). The molecular weight excluding hydrogens is 376 g/mol. The number of amides is 1. The summed E-state index contributed by atoms with van der Waals surface area (Å²) in [6, 6.07) is 16.3. The minimum atomic E-state index is 0.0950. The lowest BCUT2D eigenvalue weighted by atomic mass is 9.95. The highest BCUT2D eigenvalue weighted by atomic mass is 16.5. The van der Waals surface area contributed by atoms with E-state index in [4.69, 9.17) is 4.52 Å². The van der Waals surface area contributed by atoms with E-state index in [0.717, 1.165) is 55.7 Å². The van der Waals surface area contributed by atoms with Crippen LogP contribution in [-0.2, 0) is 17.8 Å². The SMILES string of the molecule is Cc1ccccc1-c1noc(CN2CCC(C(=O)N3CCc4ccccc43)CC2)n1. The fourth-order valence-electron chi connectivity index (χ4n) is 4.57. The average Bonchev–Trinajstić information content (AvgIpc) is 3.41. The van der Waals surface area contributed by atoms with Crippen LogP contribution in [0.15, 0.2) is 53.1 Å². The highest BCUT2D eigenvalue weighted by Crippen LogP contribution is 2.31. The number of benzene rings is 2. The predicted octanol–water partition coefficient (Wildman–Crippen LogP) is 3.85. The van der Waals surface area contributed by atoms with Crippen LogP contribution in [-0.4, -0.2) is 40.6 Å². The molecule has 2 aliphatic heterocycles. The first kappa shape index (κ1) is 19.0. The Bertz CT molecular complexity index is 1050. The molecule has 154 valence electrons. The average molecular weight is 402 g/mol. The van der Waals surface area contributed by atoms with E-state index >= 15 is 0 Å². The second-order valence-electron chi connectivity index (χ2n) is 8.25. The Hall–Kier alpha value is -2.99. The van der Waals surface area contributed by atoms with E-state index in [2.05, 4.69) is 27.2 Å². The number of anilines is 1. The van der Waals surface area contributed by atoms with Crippen molar-refractivity contribution in [3.63, 3.8) is 0 Å². The summed E-state index contributed by atoms with van der Waals surface area (Å²) >= 11 is 0. The molecule has 1 amide bonds. The number of fused-ring (bicyclic) bond motifs is 1. The minimum Gasteiger partial charge on any atom is -0.338 e. The second-order valence-corrected chi connectivity index (χ2v) is 8.25. The van der Waals surface area contributed by atoms with Crippen molar-refractivity contribution in [2.45, 2.75) is 32.7 Å². The van der Waals surface area contributed by atoms with E-state index in [1.54, 1.807) is 0 Å². The van der Waals surface area contributed by atoms with Crippen molar-refractivity contribution in [1.82, 2.24) is 15.0 Å². The summed E-state index contributed by atoms with van der Waals surface area (Å²) in [5, 5.41) is 4.16. The minimum absolute atomic E-state index is 0.0950. The zero-order chi connectivity index (χ0) is 20.5. The van der Waals surface area contributed by atoms with Crippen LogP contribution in [0.3, 0.4) is 0 Å². The van der Waals surface area contributed by atoms with E-state index in [0.29, 0.717) is 18.3 Å². The van der Waals surface area contributed by atoms with Crippen LogP contribution in [0, 0.1) is 12.8 Å². The van der Waals surface area contributed by atoms with E-state index in [1.165, 1.54) is 5.56 Å². The maximum absolute atomic E-state index is 13.1. The van der Waals surface area contributed by atoms with Crippen LogP contribution in [0.5, 0.6) is 0 Å². The molecule has 6 nitrogen and oxygen atoms in total. The molecule has 1 saturated heterocycles. The molecule has 0 atom stereocenters. The molecule has 0 bridgehead atoms. The first-order valence-electron chi connectivity index (χ1n) is 10.7. The normalized spacial score (nSPS) is 17.3. The molecule has 0 spiro atoms. The van der Waals surface area contributed by atoms with Gasteiger partial charge in [0.1, 0.15) is 0 Å². The predicted molar refractivity (Wildman–Crippen MR) is 115 cm³/mol. The number of rotatable bonds is 4. The van der Waals surface area contributed by atoms with Gasteiger partial charge < -0.3 is 9.42 Å². The molecule has 0 saturated carbocycles. The lowest BCUT2D eigenvalue weighted by Gasteiger charge is -2.32. The Morgan fingerprint density at radius 2 is 1.83 bits per heavy atom. The van der Waals surface area contributed by atoms with Crippen LogP contribution >= 0.6 is 0 Å². The topological polar surface area (TPSA) is 62.5 Å². The van der Waals surface area contributed by atoms with Gasteiger partial charge in [0.25, 0.3) is 0 Å². The molecule has 1 aromatic heterocycles. The van der Waals surface area contributed by atoms with Crippen molar-refractivity contribution in [1.29, 1.82) is 0 Å². The molecule has 0 N–H and O–H groups in total. The van der Waals surface area contributed by atoms with Gasteiger partial charge in [0.15, 0.2) is 0 Å². The van der Waals surface area contributed by atoms with Crippen molar-refractivity contribution in [3.05, 3.63) is 65.5 Å². The maximum atomic E-state index is 13.1. The van der Waals surface area contributed by atoms with Crippen LogP contribution in [0.25, 0.3) is 11.4 Å². The van der Waals surface area contributed by atoms with E-state index in [-0.39, 0.29) is 11.8 Å². The molecule has 0 aliphatic carbocycles. The number of aromatic nitrogens is 2. The first-order chi connectivity index (χ1) is 14.7. The number of likely N-dealkylation sites (tertiary alicyclic amines) is 1. The monoisotopic (exact) mass is 402 g/mol. The lowest BCUT2D eigenvalue weighted by Crippen LogP contribution is -2.42. The summed E-state index contributed by atoms with van der Waals surface area (Å²) < 4.78 is 5.49. The molecule has 2 aromatic carbocycles. The third kappa shape index (κ3) is 3.63. The number of hydrogen-bond donors (Lipinski definition) is 0. The molecule has 1 fully saturated rings. The summed E-state index contributed by atoms with van der Waals surface area (Å²) in [7, 11) is 0. The maximum Gasteiger partial charge on any atom is 0.241 e. The Morgan fingerprint density at radius 3 is 2.67 bits per heavy atom. The van der Waals surface area contributed by atoms with Crippen molar-refractivity contribution in [2.24, 2.45) is 5.92 Å². The van der Waals surface area contributed by atoms with Gasteiger partial charge in [0.05, 0.1) is 6.54 Å². The Labute approximate surface area is 176 Å². The number of carbonyl (C=O) groups is 1. The summed E-state index contributed by atoms with van der Waals surface area (Å²) in [5.74, 6) is 1.64. The molecule has 3 aromatic rings. The third-order valence-electron chi connectivity index (χ3n) is 6.30. The highest BCUT2D eigenvalue weighted by Gasteiger charge is 2.32. The molecule has 0 unspecified atom stereocenters. The van der Waals surface area contributed by atoms with E-state index in [1.807, 2.05) is 48.2 Å². The Kier molecular flexibility index (Phi) is 5.09. The quantitative estimate of drug-likeness (QED) is 0.663. The van der Waals surface area contributed by atoms with Gasteiger partial charge in [-0.15, -0.1) is 0 Å². The Morgan fingerprint density at radius 1 is 1.07 bits per heavy atom. The van der Waals surface area contributed by atoms with Gasteiger partial charge >= 0.3 is 0 Å². The summed E-state index contributed by atoms with van der Waals surface area (Å²) in [4.78, 5) is 22.0. The first-order valence-corrected chi connectivity index (χ1v) is 10.7. The number of piperidine rings is 1. The lowest BCUT2D eigenvalue weighted by molar-refractivity contribution is -0.123. The standard InChI is InChI=1S/C24H26N4O2/c1-17-6-2-4-8-20(17)23-25-22(30-26-23)16-27-13-10-19(11-14-27)24(29)28-15-12-18-7-3-5-9-21(18)28/h2-9,19H,10-16H2,1H3. The fraction of sp³-hybridized carbons (Fsp3) is 0.375. The van der Waals surface area contributed by atoms with Crippen LogP contribution < -0.4 is 4.90 Å². The van der Waals surface area contributed by atoms with Gasteiger partial charge in [-0.2, -0.15) is 4.98 Å². The Balaban J connectivity index is 1.18. The smallest absolute Gasteiger partial charge is 0.241 e. The zero-order valence-corrected chi connectivity index (χ0v) is 17.3. The number of aryl methyl sites for hydroxylation is 1. The molecule has 2 aliphatic rings. The van der Waals surface area contributed by atoms with Crippen LogP contribution in [0.2, 0.25) is 0 Å². The molecule has 6 heteroatoms. The largest absolute Gasteiger partial charge is 0.338 e. The summed E-state index contributed by atoms with van der Waals surface area (Å²) in [6.07, 6.45) is 2.70. The highest BCUT2D eigenvalue weighted by molar-refractivity contribution is 5.97. The summed E-state index contributed by atoms with van der Waals surface area (Å²) in [6.45, 7) is 5.22. The van der Waals surface area contributed by atoms with Crippen molar-refractivity contribution in [2.75, 3.05) is 24.5 Å². The molecule has 3 heterocycles. The zero-order valence-electron chi connectivity index (χ0n) is 17.3. The van der Waals surface area contributed by atoms with Gasteiger partial charge in [-0.1, -0.05) is 47.6 Å². The van der Waals surface area contributed by atoms with Crippen LogP contribution in [0.1, 0.15) is 29.9 Å². The fourth-order valence-corrected chi connectivity index (χ4v) is 4.57. The van der Waals surface area contributed by atoms with Gasteiger partial charge in [-0.05, 0) is 56.5 Å². The van der Waals surface area contributed by atoms with Gasteiger partial charge in [-0.25, -0.2) is 0 Å². The molecular formula is C24H26N4O2. The van der Waals surface area contributed by atoms with Crippen molar-refractivity contribution in [3.8, 4) is 11.4 Å². The third-order valence-corrected chi connectivity index (χ3v) is 6.30. The summed E-state index contributed by atoms with van der Waals surface area (Å²) in [5.41, 5.74) is 4.51. The number of para-hydroxylation sites is 1. The number of nitrogens with zero attached hydrogens (tertiary/aromatic N) is 4. The number of carbonyl (C=O) groups excluding carboxylic acids is 1. The van der Waals surface area contributed by atoms with Gasteiger partial charge in [0.2, 0.25) is 17.6 Å². The van der Waals surface area contributed by atoms with E-state index in [9.17, 15) is 4.79 Å². The van der Waals surface area contributed by atoms with E-state index < -0.39 is 0 Å². The van der Waals surface area contributed by atoms with Gasteiger partial charge in [-0.3, -0.25) is 9.69 Å². The molecule has 30 heavy (non-hydrogen) atoms. The molecule has 0 radical (unpaired) electrons. The van der Waals surface area contributed by atoms with Crippen molar-refractivity contribution >= 4 is 11.6 Å². The van der Waals surface area contributed by atoms with Crippen LogP contribution in [0.4, 0.5) is 5.69 Å². The van der Waals surface area contributed by atoms with Gasteiger partial charge in [0, 0.05) is 23.7 Å². The number of hydrogen-bond acceptors (Lipinski definition) is 5.